The van der Waals surface area contributed by atoms with Crippen LogP contribution in [-0.2, 0) is 0 Å². The zero-order chi connectivity index (χ0) is 14.6. The van der Waals surface area contributed by atoms with Crippen molar-refractivity contribution in [3.63, 3.8) is 0 Å². The first-order valence-electron chi connectivity index (χ1n) is 8.41. The van der Waals surface area contributed by atoms with Crippen molar-refractivity contribution in [3.05, 3.63) is 0 Å². The highest BCUT2D eigenvalue weighted by atomic mass is 32.1. The van der Waals surface area contributed by atoms with Crippen molar-refractivity contribution >= 4 is 23.2 Å². The van der Waals surface area contributed by atoms with Crippen molar-refractivity contribution in [2.45, 2.75) is 62.9 Å². The smallest absolute Gasteiger partial charge is 0.315 e. The molecule has 5 heteroatoms. The van der Waals surface area contributed by atoms with Crippen LogP contribution in [0.15, 0.2) is 0 Å². The van der Waals surface area contributed by atoms with E-state index in [4.69, 9.17) is 18.0 Å². The predicted molar refractivity (Wildman–Crippen MR) is 85.9 cm³/mol. The Hall–Kier alpha value is -0.840. The van der Waals surface area contributed by atoms with Gasteiger partial charge in [-0.15, -0.1) is 0 Å². The third-order valence-electron chi connectivity index (χ3n) is 6.10. The largest absolute Gasteiger partial charge is 0.392 e. The van der Waals surface area contributed by atoms with Crippen LogP contribution in [0.25, 0.3) is 0 Å². The normalized spacial score (nSPS) is 41.6. The third kappa shape index (κ3) is 2.65. The molecule has 1 atom stereocenters. The van der Waals surface area contributed by atoms with E-state index >= 15 is 0 Å². The fraction of sp³-hybridized carbons (Fsp3) is 0.875. The maximum atomic E-state index is 12.4. The van der Waals surface area contributed by atoms with E-state index in [2.05, 4.69) is 10.6 Å². The summed E-state index contributed by atoms with van der Waals surface area (Å²) in [5.74, 6) is 2.98. The van der Waals surface area contributed by atoms with Gasteiger partial charge in [-0.05, 0) is 75.0 Å². The molecule has 116 valence electrons. The molecule has 4 N–H and O–H groups in total. The van der Waals surface area contributed by atoms with Crippen molar-refractivity contribution in [2.24, 2.45) is 29.4 Å². The molecule has 0 aliphatic heterocycles. The highest BCUT2D eigenvalue weighted by molar-refractivity contribution is 7.80. The summed E-state index contributed by atoms with van der Waals surface area (Å²) in [5.41, 5.74) is 5.83. The van der Waals surface area contributed by atoms with Crippen molar-refractivity contribution < 1.29 is 4.79 Å². The predicted octanol–water partition coefficient (Wildman–Crippen LogP) is 2.32. The van der Waals surface area contributed by atoms with E-state index in [1.807, 2.05) is 0 Å². The molecule has 0 heterocycles. The summed E-state index contributed by atoms with van der Waals surface area (Å²) in [4.78, 5) is 12.9. The van der Waals surface area contributed by atoms with Gasteiger partial charge in [0.1, 0.15) is 0 Å². The molecule has 0 radical (unpaired) electrons. The number of carbonyl (C=O) groups is 1. The molecule has 4 bridgehead atoms. The highest BCUT2D eigenvalue weighted by Gasteiger charge is 2.51. The number of urea groups is 1. The lowest BCUT2D eigenvalue weighted by Gasteiger charge is -2.56. The molecule has 0 aromatic rings. The summed E-state index contributed by atoms with van der Waals surface area (Å²) in [6, 6.07) is -0.171. The van der Waals surface area contributed by atoms with E-state index < -0.39 is 0 Å². The lowest BCUT2D eigenvalue weighted by atomic mass is 9.53. The highest BCUT2D eigenvalue weighted by Crippen LogP contribution is 2.55. The summed E-state index contributed by atoms with van der Waals surface area (Å²) in [6.45, 7) is 0. The molecule has 21 heavy (non-hydrogen) atoms. The molecule has 0 aromatic carbocycles. The minimum atomic E-state index is -0.117. The molecule has 5 aliphatic carbocycles. The number of nitrogens with one attached hydrogen (secondary N) is 2. The van der Waals surface area contributed by atoms with Crippen LogP contribution >= 0.6 is 12.2 Å². The van der Waals surface area contributed by atoms with Crippen LogP contribution in [-0.4, -0.2) is 22.6 Å². The van der Waals surface area contributed by atoms with Gasteiger partial charge in [-0.25, -0.2) is 4.79 Å². The number of thiocarbonyl (C=S) groups is 1. The summed E-state index contributed by atoms with van der Waals surface area (Å²) in [6.07, 6.45) is 9.94. The average Bonchev–Trinajstić information content (AvgIpc) is 3.17. The van der Waals surface area contributed by atoms with Crippen LogP contribution in [0.1, 0.15) is 51.4 Å². The monoisotopic (exact) mass is 307 g/mol. The minimum absolute atomic E-state index is 0.0540. The Morgan fingerprint density at radius 2 is 1.62 bits per heavy atom. The average molecular weight is 307 g/mol. The molecule has 0 saturated heterocycles. The Kier molecular flexibility index (Phi) is 3.18. The van der Waals surface area contributed by atoms with Gasteiger partial charge < -0.3 is 16.4 Å². The van der Waals surface area contributed by atoms with Gasteiger partial charge in [0.2, 0.25) is 0 Å². The molecule has 1 unspecified atom stereocenters. The Labute approximate surface area is 131 Å². The third-order valence-corrected chi connectivity index (χ3v) is 6.36. The molecule has 0 aromatic heterocycles. The van der Waals surface area contributed by atoms with Gasteiger partial charge >= 0.3 is 6.03 Å². The van der Waals surface area contributed by atoms with Crippen LogP contribution < -0.4 is 16.4 Å². The fourth-order valence-electron chi connectivity index (χ4n) is 5.53. The molecule has 4 nitrogen and oxygen atoms in total. The molecular weight excluding hydrogens is 282 g/mol. The second-order valence-corrected chi connectivity index (χ2v) is 8.49. The fourth-order valence-corrected chi connectivity index (χ4v) is 5.78. The SMILES string of the molecule is NC(=S)C(NC(=O)NC12CC3CC(CC(C3)C1)C2)C1CC1. The molecule has 5 saturated carbocycles. The Morgan fingerprint density at radius 1 is 1.10 bits per heavy atom. The zero-order valence-corrected chi connectivity index (χ0v) is 13.3. The standard InChI is InChI=1S/C16H25N3OS/c17-14(21)13(12-1-2-12)18-15(20)19-16-6-9-3-10(7-16)5-11(4-9)8-16/h9-13H,1-8H2,(H2,17,21)(H2,18,19,20). The van der Waals surface area contributed by atoms with E-state index in [-0.39, 0.29) is 17.6 Å². The number of hydrogen-bond donors (Lipinski definition) is 3. The van der Waals surface area contributed by atoms with Crippen molar-refractivity contribution in [3.8, 4) is 0 Å². The first kappa shape index (κ1) is 13.8. The summed E-state index contributed by atoms with van der Waals surface area (Å²) < 4.78 is 0. The van der Waals surface area contributed by atoms with Gasteiger partial charge in [0.15, 0.2) is 0 Å². The van der Waals surface area contributed by atoms with E-state index in [0.717, 1.165) is 30.6 Å². The Balaban J connectivity index is 1.41. The van der Waals surface area contributed by atoms with Gasteiger partial charge in [0.05, 0.1) is 11.0 Å². The Morgan fingerprint density at radius 3 is 2.05 bits per heavy atom. The van der Waals surface area contributed by atoms with Crippen LogP contribution in [0.5, 0.6) is 0 Å². The first-order valence-corrected chi connectivity index (χ1v) is 8.82. The second-order valence-electron chi connectivity index (χ2n) is 8.01. The number of carbonyl (C=O) groups excluding carboxylic acids is 1. The zero-order valence-electron chi connectivity index (χ0n) is 12.4. The van der Waals surface area contributed by atoms with Crippen molar-refractivity contribution in [1.82, 2.24) is 10.6 Å². The van der Waals surface area contributed by atoms with Crippen LogP contribution in [0.4, 0.5) is 4.79 Å². The molecular formula is C16H25N3OS. The van der Waals surface area contributed by atoms with Crippen molar-refractivity contribution in [1.29, 1.82) is 0 Å². The van der Waals surface area contributed by atoms with E-state index in [0.29, 0.717) is 10.9 Å². The van der Waals surface area contributed by atoms with Gasteiger partial charge in [-0.1, -0.05) is 12.2 Å². The lowest BCUT2D eigenvalue weighted by Crippen LogP contribution is -2.62. The minimum Gasteiger partial charge on any atom is -0.392 e. The van der Waals surface area contributed by atoms with E-state index in [9.17, 15) is 4.79 Å². The molecule has 5 aliphatic rings. The number of nitrogens with two attached hydrogens (primary N) is 1. The Bertz CT molecular complexity index is 439. The quantitative estimate of drug-likeness (QED) is 0.698. The number of amides is 2. The van der Waals surface area contributed by atoms with E-state index in [1.165, 1.54) is 38.5 Å². The summed E-state index contributed by atoms with van der Waals surface area (Å²) >= 11 is 5.10. The molecule has 5 fully saturated rings. The van der Waals surface area contributed by atoms with Gasteiger partial charge in [0, 0.05) is 5.54 Å². The summed E-state index contributed by atoms with van der Waals surface area (Å²) in [5, 5.41) is 6.36. The number of rotatable bonds is 4. The maximum absolute atomic E-state index is 12.4. The molecule has 0 spiro atoms. The number of hydrogen-bond acceptors (Lipinski definition) is 2. The van der Waals surface area contributed by atoms with Gasteiger partial charge in [0.25, 0.3) is 0 Å². The van der Waals surface area contributed by atoms with Gasteiger partial charge in [-0.3, -0.25) is 0 Å². The van der Waals surface area contributed by atoms with Crippen LogP contribution in [0, 0.1) is 23.7 Å². The second kappa shape index (κ2) is 4.83. The maximum Gasteiger partial charge on any atom is 0.315 e. The lowest BCUT2D eigenvalue weighted by molar-refractivity contribution is -0.0136. The topological polar surface area (TPSA) is 67.1 Å². The van der Waals surface area contributed by atoms with Crippen LogP contribution in [0.3, 0.4) is 0 Å². The molecule has 5 rings (SSSR count). The van der Waals surface area contributed by atoms with Gasteiger partial charge in [-0.2, -0.15) is 0 Å². The first-order chi connectivity index (χ1) is 10.0. The summed E-state index contributed by atoms with van der Waals surface area (Å²) in [7, 11) is 0. The van der Waals surface area contributed by atoms with Crippen LogP contribution in [0.2, 0.25) is 0 Å². The molecule has 2 amide bonds. The van der Waals surface area contributed by atoms with Crippen molar-refractivity contribution in [2.75, 3.05) is 0 Å². The van der Waals surface area contributed by atoms with E-state index in [1.54, 1.807) is 0 Å².